The predicted octanol–water partition coefficient (Wildman–Crippen LogP) is 20.8. The van der Waals surface area contributed by atoms with Crippen LogP contribution in [0.25, 0.3) is 22.6 Å². The minimum absolute atomic E-state index is 0.0295. The highest BCUT2D eigenvalue weighted by Crippen LogP contribution is 2.67. The molecule has 0 aliphatic heterocycles. The van der Waals surface area contributed by atoms with Crippen LogP contribution < -0.4 is 9.47 Å². The minimum Gasteiger partial charge on any atom is -0.494 e. The number of hydrogen-bond acceptors (Lipinski definition) is 7. The van der Waals surface area contributed by atoms with Crippen molar-refractivity contribution in [3.8, 4) is 23.0 Å². The standard InChI is InChI=1S/C71H104N2O5/c1-7-8-9-10-11-12-13-14-15-16-17-18-19-20-21-24-49-76-60-39-43-66-67(51-60)78-69(73-66)56-32-35-58(36-33-56)72-52-55-30-37-59(38-31-55)75-48-25-22-23-29-68(74)77-61-44-46-70(5)57(50-61)34-40-62-64-42-41-63(54(4)28-26-27-53(2)3)71(64,6)47-45-65(62)70/h30-39,43,51-54,61-65H,7-29,40-42,44-50H2,1-6H3/t54-,61?,62+,63-,64+,65+,70+,71-/m1/s1. The fraction of sp³-hybridized carbons (Fsp3) is 0.676. The molecule has 3 aromatic carbocycles. The van der Waals surface area contributed by atoms with Gasteiger partial charge in [0.25, 0.3) is 0 Å². The molecule has 0 radical (unpaired) electrons. The van der Waals surface area contributed by atoms with Gasteiger partial charge < -0.3 is 18.6 Å². The maximum Gasteiger partial charge on any atom is 0.306 e. The van der Waals surface area contributed by atoms with Gasteiger partial charge in [-0.1, -0.05) is 169 Å². The molecule has 428 valence electrons. The Hall–Kier alpha value is -4.39. The lowest BCUT2D eigenvalue weighted by Crippen LogP contribution is -2.51. The van der Waals surface area contributed by atoms with Crippen molar-refractivity contribution in [1.82, 2.24) is 4.98 Å². The number of oxazole rings is 1. The number of unbranched alkanes of at least 4 members (excludes halogenated alkanes) is 17. The van der Waals surface area contributed by atoms with Crippen LogP contribution in [0.3, 0.4) is 0 Å². The number of aliphatic imine (C=N–C) groups is 1. The highest BCUT2D eigenvalue weighted by molar-refractivity contribution is 5.82. The molecule has 3 saturated carbocycles. The lowest BCUT2D eigenvalue weighted by molar-refractivity contribution is -0.151. The van der Waals surface area contributed by atoms with E-state index in [1.54, 1.807) is 5.57 Å². The molecule has 4 aliphatic carbocycles. The summed E-state index contributed by atoms with van der Waals surface area (Å²) in [5.74, 6) is 7.29. The zero-order chi connectivity index (χ0) is 54.6. The largest absolute Gasteiger partial charge is 0.494 e. The lowest BCUT2D eigenvalue weighted by atomic mass is 9.47. The van der Waals surface area contributed by atoms with Crippen molar-refractivity contribution in [3.05, 3.63) is 83.9 Å². The van der Waals surface area contributed by atoms with Crippen molar-refractivity contribution < 1.29 is 23.4 Å². The van der Waals surface area contributed by atoms with Crippen molar-refractivity contribution in [2.24, 2.45) is 51.3 Å². The number of carbonyl (C=O) groups excluding carboxylic acids is 1. The molecular weight excluding hydrogens is 961 g/mol. The van der Waals surface area contributed by atoms with Gasteiger partial charge in [0.2, 0.25) is 5.89 Å². The van der Waals surface area contributed by atoms with Crippen molar-refractivity contribution in [2.45, 2.75) is 247 Å². The number of ether oxygens (including phenoxy) is 3. The maximum atomic E-state index is 13.1. The third-order valence-corrected chi connectivity index (χ3v) is 19.8. The van der Waals surface area contributed by atoms with E-state index in [0.29, 0.717) is 24.3 Å². The van der Waals surface area contributed by atoms with Gasteiger partial charge in [-0.2, -0.15) is 0 Å². The molecular formula is C71H104N2O5. The predicted molar refractivity (Wildman–Crippen MR) is 325 cm³/mol. The summed E-state index contributed by atoms with van der Waals surface area (Å²) >= 11 is 0. The van der Waals surface area contributed by atoms with Gasteiger partial charge >= 0.3 is 5.97 Å². The number of benzene rings is 3. The number of allylic oxidation sites excluding steroid dienone is 1. The molecule has 4 aromatic rings. The highest BCUT2D eigenvalue weighted by atomic mass is 16.5. The number of hydrogen-bond donors (Lipinski definition) is 0. The molecule has 0 saturated heterocycles. The van der Waals surface area contributed by atoms with Crippen LogP contribution >= 0.6 is 0 Å². The fourth-order valence-electron chi connectivity index (χ4n) is 15.2. The van der Waals surface area contributed by atoms with E-state index in [1.807, 2.05) is 72.9 Å². The first kappa shape index (κ1) is 59.7. The van der Waals surface area contributed by atoms with Crippen LogP contribution in [0.15, 0.2) is 87.8 Å². The third-order valence-electron chi connectivity index (χ3n) is 19.8. The Balaban J connectivity index is 0.663. The average molecular weight is 1070 g/mol. The van der Waals surface area contributed by atoms with E-state index in [9.17, 15) is 4.79 Å². The van der Waals surface area contributed by atoms with Crippen molar-refractivity contribution in [3.63, 3.8) is 0 Å². The first-order valence-electron chi connectivity index (χ1n) is 32.3. The van der Waals surface area contributed by atoms with Gasteiger partial charge in [0.15, 0.2) is 5.58 Å². The summed E-state index contributed by atoms with van der Waals surface area (Å²) in [6.07, 6.45) is 43.7. The second-order valence-electron chi connectivity index (χ2n) is 26.0. The number of aromatic nitrogens is 1. The minimum atomic E-state index is -0.0295. The zero-order valence-corrected chi connectivity index (χ0v) is 49.8. The Labute approximate surface area is 473 Å². The molecule has 0 spiro atoms. The quantitative estimate of drug-likeness (QED) is 0.0201. The molecule has 1 unspecified atom stereocenters. The normalized spacial score (nSPS) is 24.2. The van der Waals surface area contributed by atoms with Gasteiger partial charge in [-0.15, -0.1) is 0 Å². The van der Waals surface area contributed by atoms with Crippen LogP contribution in [0, 0.1) is 46.3 Å². The number of carbonyl (C=O) groups is 1. The molecule has 7 heteroatoms. The molecule has 78 heavy (non-hydrogen) atoms. The third kappa shape index (κ3) is 16.8. The van der Waals surface area contributed by atoms with E-state index in [-0.39, 0.29) is 17.5 Å². The van der Waals surface area contributed by atoms with Gasteiger partial charge in [-0.3, -0.25) is 9.79 Å². The van der Waals surface area contributed by atoms with Gasteiger partial charge in [-0.25, -0.2) is 4.98 Å². The summed E-state index contributed by atoms with van der Waals surface area (Å²) in [6, 6.07) is 22.0. The average Bonchev–Trinajstić information content (AvgIpc) is 4.01. The van der Waals surface area contributed by atoms with Crippen LogP contribution in [0.2, 0.25) is 0 Å². The van der Waals surface area contributed by atoms with Crippen molar-refractivity contribution in [2.75, 3.05) is 13.2 Å². The van der Waals surface area contributed by atoms with Gasteiger partial charge in [0, 0.05) is 30.7 Å². The molecule has 8 rings (SSSR count). The molecule has 0 N–H and O–H groups in total. The summed E-state index contributed by atoms with van der Waals surface area (Å²) in [5.41, 5.74) is 6.71. The molecule has 3 fully saturated rings. The Kier molecular flexibility index (Phi) is 23.3. The highest BCUT2D eigenvalue weighted by Gasteiger charge is 2.59. The summed E-state index contributed by atoms with van der Waals surface area (Å²) in [7, 11) is 0. The van der Waals surface area contributed by atoms with Crippen LogP contribution in [0.5, 0.6) is 11.5 Å². The molecule has 8 atom stereocenters. The van der Waals surface area contributed by atoms with Crippen LogP contribution in [-0.2, 0) is 9.53 Å². The number of esters is 1. The maximum absolute atomic E-state index is 13.1. The van der Waals surface area contributed by atoms with Crippen molar-refractivity contribution >= 4 is 29.0 Å². The Bertz CT molecular complexity index is 2450. The summed E-state index contributed by atoms with van der Waals surface area (Å²) in [6.45, 7) is 16.2. The van der Waals surface area contributed by atoms with Gasteiger partial charge in [0.1, 0.15) is 23.1 Å². The SMILES string of the molecule is CCCCCCCCCCCCCCCCCCOc1ccc2nc(-c3ccc(N=Cc4ccc(OCCCCCC(=O)OC5CC[C@@]6(C)C(=CC[C@H]7[C@@H]8CC[C@H]([C@H](C)CCCC(C)C)[C@@]8(C)CC[C@@H]76)C5)cc4)cc3)oc2c1. The summed E-state index contributed by atoms with van der Waals surface area (Å²) < 4.78 is 24.5. The van der Waals surface area contributed by atoms with Gasteiger partial charge in [-0.05, 0) is 183 Å². The number of fused-ring (bicyclic) bond motifs is 6. The van der Waals surface area contributed by atoms with E-state index in [1.165, 1.54) is 148 Å². The molecule has 4 aliphatic rings. The van der Waals surface area contributed by atoms with E-state index < -0.39 is 0 Å². The van der Waals surface area contributed by atoms with Gasteiger partial charge in [0.05, 0.1) is 18.9 Å². The zero-order valence-electron chi connectivity index (χ0n) is 49.8. The topological polar surface area (TPSA) is 83.2 Å². The Morgan fingerprint density at radius 1 is 0.692 bits per heavy atom. The summed E-state index contributed by atoms with van der Waals surface area (Å²) in [4.78, 5) is 22.5. The fourth-order valence-corrected chi connectivity index (χ4v) is 15.2. The number of nitrogens with zero attached hydrogens (tertiary/aromatic N) is 2. The van der Waals surface area contributed by atoms with Crippen LogP contribution in [0.4, 0.5) is 5.69 Å². The first-order chi connectivity index (χ1) is 38.0. The molecule has 0 bridgehead atoms. The van der Waals surface area contributed by atoms with Crippen LogP contribution in [0.1, 0.15) is 246 Å². The monoisotopic (exact) mass is 1060 g/mol. The second-order valence-corrected chi connectivity index (χ2v) is 26.0. The Morgan fingerprint density at radius 3 is 2.01 bits per heavy atom. The van der Waals surface area contributed by atoms with Crippen LogP contribution in [-0.4, -0.2) is 36.5 Å². The second kappa shape index (κ2) is 30.4. The molecule has 1 aromatic heterocycles. The first-order valence-corrected chi connectivity index (χ1v) is 32.3. The number of rotatable bonds is 34. The smallest absolute Gasteiger partial charge is 0.306 e. The lowest BCUT2D eigenvalue weighted by Gasteiger charge is -2.58. The molecule has 1 heterocycles. The van der Waals surface area contributed by atoms with E-state index >= 15 is 0 Å². The molecule has 7 nitrogen and oxygen atoms in total. The van der Waals surface area contributed by atoms with E-state index in [0.717, 1.165) is 126 Å². The molecule has 0 amide bonds. The summed E-state index contributed by atoms with van der Waals surface area (Å²) in [5, 5.41) is 0. The Morgan fingerprint density at radius 2 is 1.33 bits per heavy atom. The van der Waals surface area contributed by atoms with E-state index in [4.69, 9.17) is 28.6 Å². The van der Waals surface area contributed by atoms with E-state index in [2.05, 4.69) is 47.6 Å². The van der Waals surface area contributed by atoms with Crippen molar-refractivity contribution in [1.29, 1.82) is 0 Å².